The van der Waals surface area contributed by atoms with Gasteiger partial charge in [0.25, 0.3) is 0 Å². The van der Waals surface area contributed by atoms with E-state index in [1.165, 1.54) is 0 Å². The second-order valence-corrected chi connectivity index (χ2v) is 7.82. The molecule has 1 atom stereocenters. The molecule has 4 nitrogen and oxygen atoms in total. The number of hydrogen-bond acceptors (Lipinski definition) is 6. The van der Waals surface area contributed by atoms with Crippen LogP contribution in [-0.2, 0) is 18.0 Å². The van der Waals surface area contributed by atoms with Crippen LogP contribution in [0.4, 0.5) is 0 Å². The Hall–Kier alpha value is 0.757. The molecule has 0 rings (SSSR count). The Morgan fingerprint density at radius 2 is 1.53 bits per heavy atom. The van der Waals surface area contributed by atoms with Crippen LogP contribution >= 0.6 is 25.3 Å². The fourth-order valence-corrected chi connectivity index (χ4v) is 4.45. The van der Waals surface area contributed by atoms with Crippen molar-refractivity contribution >= 4 is 34.1 Å². The molecule has 116 valence electrons. The molecular weight excluding hydrogens is 300 g/mol. The first-order valence-corrected chi connectivity index (χ1v) is 10.0. The summed E-state index contributed by atoms with van der Waals surface area (Å²) in [7, 11) is -2.50. The van der Waals surface area contributed by atoms with Crippen molar-refractivity contribution in [3.8, 4) is 0 Å². The molecule has 7 heteroatoms. The predicted octanol–water partition coefficient (Wildman–Crippen LogP) is 2.67. The highest BCUT2D eigenvalue weighted by atomic mass is 32.1. The summed E-state index contributed by atoms with van der Waals surface area (Å²) in [6, 6.07) is 0.792. The topological polar surface area (TPSA) is 36.9 Å². The van der Waals surface area contributed by atoms with Gasteiger partial charge in [-0.2, -0.15) is 25.3 Å². The summed E-state index contributed by atoms with van der Waals surface area (Å²) in [5, 5.41) is 0.191. The number of ether oxygens (including phenoxy) is 1. The number of rotatable bonds is 13. The smallest absolute Gasteiger partial charge is 0.380 e. The van der Waals surface area contributed by atoms with Gasteiger partial charge in [-0.05, 0) is 27.2 Å². The summed E-state index contributed by atoms with van der Waals surface area (Å²) in [6.07, 6.45) is 0.874. The van der Waals surface area contributed by atoms with Gasteiger partial charge in [0.15, 0.2) is 0 Å². The van der Waals surface area contributed by atoms with E-state index in [-0.39, 0.29) is 5.25 Å². The Labute approximate surface area is 129 Å². The van der Waals surface area contributed by atoms with Crippen LogP contribution in [0.15, 0.2) is 0 Å². The lowest BCUT2D eigenvalue weighted by Crippen LogP contribution is -2.46. The first-order valence-electron chi connectivity index (χ1n) is 6.92. The Bertz CT molecular complexity index is 193. The van der Waals surface area contributed by atoms with Crippen LogP contribution in [0.5, 0.6) is 0 Å². The van der Waals surface area contributed by atoms with Gasteiger partial charge in [-0.3, -0.25) is 0 Å². The van der Waals surface area contributed by atoms with Crippen LogP contribution in [0.2, 0.25) is 6.04 Å². The molecule has 0 saturated heterocycles. The van der Waals surface area contributed by atoms with Crippen molar-refractivity contribution in [2.45, 2.75) is 38.5 Å². The summed E-state index contributed by atoms with van der Waals surface area (Å²) in [4.78, 5) is 0. The van der Waals surface area contributed by atoms with Crippen LogP contribution in [-0.4, -0.2) is 52.8 Å². The largest absolute Gasteiger partial charge is 0.501 e. The highest BCUT2D eigenvalue weighted by Gasteiger charge is 2.39. The minimum absolute atomic E-state index is 0.191. The van der Waals surface area contributed by atoms with Crippen molar-refractivity contribution in [2.24, 2.45) is 0 Å². The Balaban J connectivity index is 4.03. The van der Waals surface area contributed by atoms with E-state index >= 15 is 0 Å². The van der Waals surface area contributed by atoms with Crippen LogP contribution in [0.3, 0.4) is 0 Å². The SMILES string of the molecule is CCO[Si](CCCOCC(S)CS)(OCC)OCC. The molecule has 0 aliphatic rings. The second kappa shape index (κ2) is 12.5. The number of thiol groups is 2. The third-order valence-electron chi connectivity index (χ3n) is 2.39. The van der Waals surface area contributed by atoms with E-state index in [4.69, 9.17) is 18.0 Å². The summed E-state index contributed by atoms with van der Waals surface area (Å²) >= 11 is 8.48. The van der Waals surface area contributed by atoms with Gasteiger partial charge in [-0.25, -0.2) is 0 Å². The fraction of sp³-hybridized carbons (Fsp3) is 1.00. The molecule has 0 spiro atoms. The van der Waals surface area contributed by atoms with Crippen molar-refractivity contribution < 1.29 is 18.0 Å². The van der Waals surface area contributed by atoms with Gasteiger partial charge in [0, 0.05) is 43.5 Å². The molecular formula is C12H28O4S2Si. The summed E-state index contributed by atoms with van der Waals surface area (Å²) in [6.45, 7) is 9.05. The van der Waals surface area contributed by atoms with Crippen molar-refractivity contribution in [2.75, 3.05) is 38.8 Å². The van der Waals surface area contributed by atoms with Crippen LogP contribution in [0, 0.1) is 0 Å². The zero-order chi connectivity index (χ0) is 14.6. The standard InChI is InChI=1S/C12H28O4S2Si/c1-4-14-19(15-5-2,16-6-3)9-7-8-13-10-12(18)11-17/h12,17-18H,4-11H2,1-3H3. The first-order chi connectivity index (χ1) is 9.14. The lowest BCUT2D eigenvalue weighted by atomic mass is 10.5. The molecule has 0 aliphatic carbocycles. The fourth-order valence-electron chi connectivity index (χ4n) is 1.66. The van der Waals surface area contributed by atoms with Crippen LogP contribution in [0.1, 0.15) is 27.2 Å². The lowest BCUT2D eigenvalue weighted by Gasteiger charge is -2.28. The molecule has 0 aromatic heterocycles. The monoisotopic (exact) mass is 328 g/mol. The molecule has 0 heterocycles. The Morgan fingerprint density at radius 3 is 1.95 bits per heavy atom. The maximum absolute atomic E-state index is 5.77. The molecule has 0 aliphatic heterocycles. The molecule has 19 heavy (non-hydrogen) atoms. The molecule has 0 fully saturated rings. The summed E-state index contributed by atoms with van der Waals surface area (Å²) in [5.41, 5.74) is 0. The van der Waals surface area contributed by atoms with Crippen molar-refractivity contribution in [3.05, 3.63) is 0 Å². The quantitative estimate of drug-likeness (QED) is 0.310. The van der Waals surface area contributed by atoms with Crippen LogP contribution in [0.25, 0.3) is 0 Å². The van der Waals surface area contributed by atoms with E-state index < -0.39 is 8.80 Å². The van der Waals surface area contributed by atoms with Crippen molar-refractivity contribution in [1.29, 1.82) is 0 Å². The number of hydrogen-bond donors (Lipinski definition) is 2. The lowest BCUT2D eigenvalue weighted by molar-refractivity contribution is 0.0662. The highest BCUT2D eigenvalue weighted by molar-refractivity contribution is 7.84. The van der Waals surface area contributed by atoms with E-state index in [1.807, 2.05) is 20.8 Å². The maximum atomic E-state index is 5.77. The van der Waals surface area contributed by atoms with Crippen molar-refractivity contribution in [3.63, 3.8) is 0 Å². The molecule has 0 bridgehead atoms. The van der Waals surface area contributed by atoms with Gasteiger partial charge in [-0.15, -0.1) is 0 Å². The van der Waals surface area contributed by atoms with E-state index in [0.717, 1.165) is 18.2 Å². The minimum atomic E-state index is -2.50. The first kappa shape index (κ1) is 19.8. The molecule has 0 radical (unpaired) electrons. The van der Waals surface area contributed by atoms with Gasteiger partial charge >= 0.3 is 8.80 Å². The van der Waals surface area contributed by atoms with Gasteiger partial charge in [-0.1, -0.05) is 0 Å². The molecule has 0 aromatic carbocycles. The Kier molecular flexibility index (Phi) is 13.0. The van der Waals surface area contributed by atoms with Gasteiger partial charge in [0.1, 0.15) is 0 Å². The average molecular weight is 329 g/mol. The van der Waals surface area contributed by atoms with Gasteiger partial charge in [0.05, 0.1) is 6.61 Å². The summed E-state index contributed by atoms with van der Waals surface area (Å²) < 4.78 is 22.9. The normalized spacial score (nSPS) is 13.7. The molecule has 0 N–H and O–H groups in total. The van der Waals surface area contributed by atoms with Gasteiger partial charge < -0.3 is 18.0 Å². The van der Waals surface area contributed by atoms with E-state index in [1.54, 1.807) is 0 Å². The molecule has 1 unspecified atom stereocenters. The van der Waals surface area contributed by atoms with Crippen LogP contribution < -0.4 is 0 Å². The van der Waals surface area contributed by atoms with Crippen molar-refractivity contribution in [1.82, 2.24) is 0 Å². The van der Waals surface area contributed by atoms with Gasteiger partial charge in [0.2, 0.25) is 0 Å². The average Bonchev–Trinajstić information content (AvgIpc) is 2.39. The van der Waals surface area contributed by atoms with E-state index in [9.17, 15) is 0 Å². The Morgan fingerprint density at radius 1 is 1.00 bits per heavy atom. The maximum Gasteiger partial charge on any atom is 0.501 e. The van der Waals surface area contributed by atoms with E-state index in [2.05, 4.69) is 25.3 Å². The molecule has 0 amide bonds. The second-order valence-electron chi connectivity index (χ2n) is 4.00. The third kappa shape index (κ3) is 9.33. The highest BCUT2D eigenvalue weighted by Crippen LogP contribution is 2.18. The predicted molar refractivity (Wildman–Crippen MR) is 87.5 cm³/mol. The molecule has 0 saturated carbocycles. The minimum Gasteiger partial charge on any atom is -0.380 e. The summed E-state index contributed by atoms with van der Waals surface area (Å²) in [5.74, 6) is 0.721. The zero-order valence-corrected chi connectivity index (χ0v) is 15.1. The van der Waals surface area contributed by atoms with E-state index in [0.29, 0.717) is 33.0 Å². The molecule has 0 aromatic rings. The third-order valence-corrected chi connectivity index (χ3v) is 6.60. The zero-order valence-electron chi connectivity index (χ0n) is 12.3.